The summed E-state index contributed by atoms with van der Waals surface area (Å²) >= 11 is 4.04. The van der Waals surface area contributed by atoms with Crippen molar-refractivity contribution in [2.75, 3.05) is 9.93 Å². The molecule has 6 nitrogen and oxygen atoms in total. The molecule has 1 saturated carbocycles. The van der Waals surface area contributed by atoms with Crippen LogP contribution in [0.3, 0.4) is 0 Å². The molecule has 0 aliphatic heterocycles. The van der Waals surface area contributed by atoms with Crippen molar-refractivity contribution >= 4 is 51.8 Å². The number of alkyl halides is 1. The molecule has 29 heavy (non-hydrogen) atoms. The molecule has 2 aromatic rings. The topological polar surface area (TPSA) is 80.0 Å². The van der Waals surface area contributed by atoms with Crippen molar-refractivity contribution < 1.29 is 9.53 Å². The van der Waals surface area contributed by atoms with Crippen molar-refractivity contribution in [1.29, 1.82) is 5.41 Å². The van der Waals surface area contributed by atoms with Crippen LogP contribution in [0.15, 0.2) is 47.6 Å². The molecular formula is C21H25IN4O2S. The molecule has 3 rings (SSSR count). The van der Waals surface area contributed by atoms with Crippen LogP contribution in [-0.4, -0.2) is 25.3 Å². The number of aromatic nitrogens is 2. The minimum absolute atomic E-state index is 0.0730. The number of thioether (sulfide) groups is 1. The summed E-state index contributed by atoms with van der Waals surface area (Å²) in [4.78, 5) is 17.7. The third-order valence-electron chi connectivity index (χ3n) is 4.69. The van der Waals surface area contributed by atoms with Crippen LogP contribution in [0, 0.1) is 5.41 Å². The van der Waals surface area contributed by atoms with E-state index < -0.39 is 0 Å². The molecule has 0 bridgehead atoms. The van der Waals surface area contributed by atoms with E-state index in [9.17, 15) is 4.79 Å². The number of carbonyl (C=O) groups is 1. The molecule has 8 heteroatoms. The van der Waals surface area contributed by atoms with Crippen molar-refractivity contribution in [3.05, 3.63) is 48.2 Å². The molecule has 0 atom stereocenters. The lowest BCUT2D eigenvalue weighted by molar-refractivity contribution is 0.0950. The molecule has 0 spiro atoms. The first kappa shape index (κ1) is 21.9. The number of nitrogens with zero attached hydrogens (tertiary/aromatic N) is 2. The minimum atomic E-state index is -0.294. The van der Waals surface area contributed by atoms with Crippen molar-refractivity contribution in [2.45, 2.75) is 49.2 Å². The maximum Gasteiger partial charge on any atom is 0.258 e. The number of carbonyl (C=O) groups excluding carboxylic acids is 1. The number of pyridine rings is 2. The number of anilines is 2. The molecule has 0 radical (unpaired) electrons. The summed E-state index contributed by atoms with van der Waals surface area (Å²) in [6.45, 7) is 5.28. The number of nitrogens with one attached hydrogen (secondary N) is 2. The fraction of sp³-hybridized carbons (Fsp3) is 0.381. The Bertz CT molecular complexity index is 954. The predicted molar refractivity (Wildman–Crippen MR) is 125 cm³/mol. The molecule has 0 unspecified atom stereocenters. The quantitative estimate of drug-likeness (QED) is 0.283. The molecule has 2 N–H and O–H groups in total. The molecule has 0 amide bonds. The zero-order valence-electron chi connectivity index (χ0n) is 16.4. The van der Waals surface area contributed by atoms with Crippen LogP contribution in [0.5, 0.6) is 5.75 Å². The lowest BCUT2D eigenvalue weighted by atomic mass is 10.0. The van der Waals surface area contributed by atoms with Crippen LogP contribution in [0.4, 0.5) is 11.5 Å². The average Bonchev–Trinajstić information content (AvgIpc) is 2.70. The maximum atomic E-state index is 12.1. The largest absolute Gasteiger partial charge is 0.479 e. The molecule has 2 aromatic heterocycles. The number of allylic oxidation sites excluding steroid dienone is 1. The van der Waals surface area contributed by atoms with E-state index in [1.165, 1.54) is 36.7 Å². The van der Waals surface area contributed by atoms with Gasteiger partial charge in [-0.15, -0.1) is 11.8 Å². The van der Waals surface area contributed by atoms with Crippen LogP contribution in [-0.2, 0) is 0 Å². The van der Waals surface area contributed by atoms with E-state index >= 15 is 0 Å². The minimum Gasteiger partial charge on any atom is -0.479 e. The van der Waals surface area contributed by atoms with E-state index in [0.717, 1.165) is 4.90 Å². The fourth-order valence-electron chi connectivity index (χ4n) is 3.23. The maximum absolute atomic E-state index is 12.1. The van der Waals surface area contributed by atoms with Gasteiger partial charge in [0.1, 0.15) is 10.1 Å². The first-order valence-electron chi connectivity index (χ1n) is 9.58. The molecule has 1 aliphatic rings. The normalized spacial score (nSPS) is 14.4. The van der Waals surface area contributed by atoms with Crippen LogP contribution in [0.25, 0.3) is 0 Å². The summed E-state index contributed by atoms with van der Waals surface area (Å²) in [7, 11) is 0. The summed E-state index contributed by atoms with van der Waals surface area (Å²) in [5, 5.41) is 12.0. The van der Waals surface area contributed by atoms with Gasteiger partial charge in [-0.25, -0.2) is 4.98 Å². The third kappa shape index (κ3) is 5.85. The Hall–Kier alpha value is -1.81. The second kappa shape index (κ2) is 10.3. The van der Waals surface area contributed by atoms with E-state index in [0.29, 0.717) is 32.7 Å². The Kier molecular flexibility index (Phi) is 7.77. The summed E-state index contributed by atoms with van der Waals surface area (Å²) < 4.78 is 7.56. The average molecular weight is 524 g/mol. The zero-order valence-corrected chi connectivity index (χ0v) is 19.4. The lowest BCUT2D eigenvalue weighted by Gasteiger charge is -2.21. The molecule has 1 fully saturated rings. The van der Waals surface area contributed by atoms with Gasteiger partial charge in [-0.1, -0.05) is 25.8 Å². The standard InChI is InChI=1S/C21H25IN4O2S/c1-14(2)21(27)26-9-8-15(10-19(26)23)25-20-18(28-13-22)11-17(12-24-20)29-16-6-4-3-5-7-16/h8-12,16,23H,1,3-7,13H2,2H3,(H,24,25). The Morgan fingerprint density at radius 2 is 2.17 bits per heavy atom. The molecular weight excluding hydrogens is 499 g/mol. The summed E-state index contributed by atoms with van der Waals surface area (Å²) in [6, 6.07) is 5.35. The number of halogens is 1. The van der Waals surface area contributed by atoms with Crippen molar-refractivity contribution in [2.24, 2.45) is 0 Å². The highest BCUT2D eigenvalue weighted by Gasteiger charge is 2.16. The first-order chi connectivity index (χ1) is 14.0. The van der Waals surface area contributed by atoms with Crippen LogP contribution in [0.2, 0.25) is 0 Å². The van der Waals surface area contributed by atoms with Crippen molar-refractivity contribution in [3.8, 4) is 5.75 Å². The predicted octanol–water partition coefficient (Wildman–Crippen LogP) is 5.52. The molecule has 1 aliphatic carbocycles. The van der Waals surface area contributed by atoms with E-state index in [2.05, 4.69) is 39.5 Å². The fourth-order valence-corrected chi connectivity index (χ4v) is 4.80. The number of ether oxygens (including phenoxy) is 1. The van der Waals surface area contributed by atoms with Gasteiger partial charge in [0.2, 0.25) is 0 Å². The smallest absolute Gasteiger partial charge is 0.258 e. The van der Waals surface area contributed by atoms with Gasteiger partial charge in [0.25, 0.3) is 5.91 Å². The summed E-state index contributed by atoms with van der Waals surface area (Å²) in [5.41, 5.74) is 1.12. The first-order valence-corrected chi connectivity index (χ1v) is 12.0. The monoisotopic (exact) mass is 524 g/mol. The van der Waals surface area contributed by atoms with Crippen LogP contribution < -0.4 is 15.5 Å². The molecule has 2 heterocycles. The van der Waals surface area contributed by atoms with E-state index in [1.54, 1.807) is 25.3 Å². The lowest BCUT2D eigenvalue weighted by Crippen LogP contribution is -2.26. The van der Waals surface area contributed by atoms with Crippen LogP contribution in [0.1, 0.15) is 43.8 Å². The van der Waals surface area contributed by atoms with Gasteiger partial charge in [-0.3, -0.25) is 14.8 Å². The van der Waals surface area contributed by atoms with E-state index in [4.69, 9.17) is 10.1 Å². The molecule has 0 saturated heterocycles. The number of rotatable bonds is 7. The van der Waals surface area contributed by atoms with Crippen LogP contribution >= 0.6 is 34.4 Å². The molecule has 0 aromatic carbocycles. The van der Waals surface area contributed by atoms with E-state index in [-0.39, 0.29) is 11.4 Å². The van der Waals surface area contributed by atoms with E-state index in [1.807, 2.05) is 24.0 Å². The zero-order chi connectivity index (χ0) is 20.8. The van der Waals surface area contributed by atoms with Gasteiger partial charge in [0, 0.05) is 39.9 Å². The highest BCUT2D eigenvalue weighted by Crippen LogP contribution is 2.36. The highest BCUT2D eigenvalue weighted by molar-refractivity contribution is 14.1. The third-order valence-corrected chi connectivity index (χ3v) is 6.31. The van der Waals surface area contributed by atoms with Gasteiger partial charge in [0.05, 0.1) is 0 Å². The second-order valence-corrected chi connectivity index (χ2v) is 9.03. The Morgan fingerprint density at radius 3 is 2.83 bits per heavy atom. The summed E-state index contributed by atoms with van der Waals surface area (Å²) in [5.74, 6) is 0.984. The van der Waals surface area contributed by atoms with Gasteiger partial charge in [-0.2, -0.15) is 0 Å². The van der Waals surface area contributed by atoms with Gasteiger partial charge >= 0.3 is 0 Å². The molecule has 154 valence electrons. The SMILES string of the molecule is C=C(C)C(=O)n1ccc(Nc2ncc(SC3CCCCC3)cc2OCI)cc1=N. The second-order valence-electron chi connectivity index (χ2n) is 7.03. The van der Waals surface area contributed by atoms with Gasteiger partial charge in [0.15, 0.2) is 11.6 Å². The van der Waals surface area contributed by atoms with Gasteiger partial charge in [-0.05, 0) is 54.5 Å². The summed E-state index contributed by atoms with van der Waals surface area (Å²) in [6.07, 6.45) is 9.90. The Morgan fingerprint density at radius 1 is 1.41 bits per heavy atom. The number of hydrogen-bond donors (Lipinski definition) is 2. The van der Waals surface area contributed by atoms with Gasteiger partial charge < -0.3 is 10.1 Å². The van der Waals surface area contributed by atoms with Crippen molar-refractivity contribution in [1.82, 2.24) is 9.55 Å². The Balaban J connectivity index is 1.79. The number of hydrogen-bond acceptors (Lipinski definition) is 6. The Labute approximate surface area is 188 Å². The van der Waals surface area contributed by atoms with Crippen molar-refractivity contribution in [3.63, 3.8) is 0 Å². The highest BCUT2D eigenvalue weighted by atomic mass is 127.